The summed E-state index contributed by atoms with van der Waals surface area (Å²) >= 11 is 0. The van der Waals surface area contributed by atoms with Crippen LogP contribution in [0.25, 0.3) is 0 Å². The molecule has 0 saturated carbocycles. The second kappa shape index (κ2) is 1.82. The minimum Gasteiger partial charge on any atom is -0.346 e. The van der Waals surface area contributed by atoms with Crippen molar-refractivity contribution >= 4 is 0 Å². The molecule has 0 bridgehead atoms. The van der Waals surface area contributed by atoms with E-state index in [1.807, 2.05) is 12.2 Å². The van der Waals surface area contributed by atoms with Crippen LogP contribution in [0.1, 0.15) is 12.8 Å². The fourth-order valence-electron chi connectivity index (χ4n) is 1.35. The number of rotatable bonds is 0. The van der Waals surface area contributed by atoms with Crippen LogP contribution in [0.4, 0.5) is 0 Å². The fraction of sp³-hybridized carbons (Fsp3) is 0.714. The highest BCUT2D eigenvalue weighted by atomic mass is 16.7. The van der Waals surface area contributed by atoms with Crippen LogP contribution in [-0.4, -0.2) is 19.0 Å². The van der Waals surface area contributed by atoms with Gasteiger partial charge in [-0.25, -0.2) is 0 Å². The molecule has 50 valence electrons. The van der Waals surface area contributed by atoms with Gasteiger partial charge in [0.1, 0.15) is 0 Å². The summed E-state index contributed by atoms with van der Waals surface area (Å²) in [7, 11) is 0. The molecule has 2 nitrogen and oxygen atoms in total. The van der Waals surface area contributed by atoms with E-state index in [4.69, 9.17) is 9.47 Å². The van der Waals surface area contributed by atoms with E-state index in [2.05, 4.69) is 0 Å². The van der Waals surface area contributed by atoms with Crippen LogP contribution in [0.15, 0.2) is 12.2 Å². The first-order chi connectivity index (χ1) is 4.41. The minimum atomic E-state index is -0.292. The van der Waals surface area contributed by atoms with E-state index in [0.717, 1.165) is 26.1 Å². The van der Waals surface area contributed by atoms with Crippen molar-refractivity contribution in [2.75, 3.05) is 13.2 Å². The molecule has 1 saturated heterocycles. The van der Waals surface area contributed by atoms with Crippen LogP contribution in [0, 0.1) is 0 Å². The van der Waals surface area contributed by atoms with Gasteiger partial charge < -0.3 is 9.47 Å². The third kappa shape index (κ3) is 0.787. The Morgan fingerprint density at radius 3 is 2.89 bits per heavy atom. The summed E-state index contributed by atoms with van der Waals surface area (Å²) in [6.07, 6.45) is 6.21. The van der Waals surface area contributed by atoms with E-state index in [1.54, 1.807) is 0 Å². The van der Waals surface area contributed by atoms with Crippen LogP contribution in [-0.2, 0) is 9.47 Å². The molecule has 0 amide bonds. The molecule has 2 aliphatic rings. The Kier molecular flexibility index (Phi) is 1.10. The van der Waals surface area contributed by atoms with Gasteiger partial charge in [0, 0.05) is 6.42 Å². The van der Waals surface area contributed by atoms with Crippen molar-refractivity contribution in [1.82, 2.24) is 0 Å². The van der Waals surface area contributed by atoms with Gasteiger partial charge >= 0.3 is 0 Å². The van der Waals surface area contributed by atoms with Crippen LogP contribution >= 0.6 is 0 Å². The van der Waals surface area contributed by atoms with Crippen molar-refractivity contribution in [3.8, 4) is 0 Å². The molecule has 0 aromatic carbocycles. The van der Waals surface area contributed by atoms with Crippen LogP contribution in [0.2, 0.25) is 0 Å². The summed E-state index contributed by atoms with van der Waals surface area (Å²) < 4.78 is 10.8. The van der Waals surface area contributed by atoms with Gasteiger partial charge in [-0.3, -0.25) is 0 Å². The number of hydrogen-bond donors (Lipinski definition) is 0. The van der Waals surface area contributed by atoms with Gasteiger partial charge in [-0.05, 0) is 12.5 Å². The van der Waals surface area contributed by atoms with Crippen molar-refractivity contribution in [2.45, 2.75) is 18.6 Å². The van der Waals surface area contributed by atoms with Gasteiger partial charge in [0.05, 0.1) is 13.2 Å². The Balaban J connectivity index is 2.13. The molecule has 2 aliphatic heterocycles. The van der Waals surface area contributed by atoms with E-state index in [9.17, 15) is 0 Å². The van der Waals surface area contributed by atoms with Crippen LogP contribution in [0.3, 0.4) is 0 Å². The molecule has 2 rings (SSSR count). The zero-order chi connectivity index (χ0) is 6.16. The summed E-state index contributed by atoms with van der Waals surface area (Å²) in [5.74, 6) is -0.292. The van der Waals surface area contributed by atoms with Gasteiger partial charge in [0.15, 0.2) is 5.79 Å². The van der Waals surface area contributed by atoms with Gasteiger partial charge in [-0.2, -0.15) is 0 Å². The maximum absolute atomic E-state index is 5.39. The minimum absolute atomic E-state index is 0.292. The Labute approximate surface area is 54.5 Å². The molecule has 1 fully saturated rings. The molecule has 0 aliphatic carbocycles. The summed E-state index contributed by atoms with van der Waals surface area (Å²) in [6.45, 7) is 1.57. The molecule has 9 heavy (non-hydrogen) atoms. The van der Waals surface area contributed by atoms with Crippen LogP contribution < -0.4 is 0 Å². The van der Waals surface area contributed by atoms with Crippen molar-refractivity contribution < 1.29 is 9.47 Å². The normalized spacial score (nSPS) is 40.9. The summed E-state index contributed by atoms with van der Waals surface area (Å²) in [5.41, 5.74) is 0. The lowest BCUT2D eigenvalue weighted by Gasteiger charge is -2.18. The topological polar surface area (TPSA) is 18.5 Å². The Morgan fingerprint density at radius 2 is 2.33 bits per heavy atom. The highest BCUT2D eigenvalue weighted by Crippen LogP contribution is 2.31. The van der Waals surface area contributed by atoms with E-state index in [1.165, 1.54) is 0 Å². The first kappa shape index (κ1) is 5.45. The first-order valence-corrected chi connectivity index (χ1v) is 3.37. The van der Waals surface area contributed by atoms with Crippen molar-refractivity contribution in [1.29, 1.82) is 0 Å². The molecule has 2 heteroatoms. The fourth-order valence-corrected chi connectivity index (χ4v) is 1.35. The molecule has 1 unspecified atom stereocenters. The van der Waals surface area contributed by atoms with E-state index in [0.29, 0.717) is 0 Å². The van der Waals surface area contributed by atoms with Crippen molar-refractivity contribution in [3.05, 3.63) is 12.2 Å². The lowest BCUT2D eigenvalue weighted by molar-refractivity contribution is -0.155. The zero-order valence-electron chi connectivity index (χ0n) is 5.30. The Morgan fingerprint density at radius 1 is 1.33 bits per heavy atom. The Bertz CT molecular complexity index is 134. The van der Waals surface area contributed by atoms with Crippen LogP contribution in [0.5, 0.6) is 0 Å². The Hall–Kier alpha value is -0.340. The maximum Gasteiger partial charge on any atom is 0.188 e. The first-order valence-electron chi connectivity index (χ1n) is 3.37. The van der Waals surface area contributed by atoms with Gasteiger partial charge in [-0.15, -0.1) is 0 Å². The summed E-state index contributed by atoms with van der Waals surface area (Å²) in [5, 5.41) is 0. The third-order valence-electron chi connectivity index (χ3n) is 1.81. The average Bonchev–Trinajstić information content (AvgIpc) is 2.45. The highest BCUT2D eigenvalue weighted by molar-refractivity contribution is 5.03. The monoisotopic (exact) mass is 126 g/mol. The maximum atomic E-state index is 5.39. The zero-order valence-corrected chi connectivity index (χ0v) is 5.30. The molecule has 0 radical (unpaired) electrons. The molecule has 2 heterocycles. The lowest BCUT2D eigenvalue weighted by Crippen LogP contribution is -2.24. The quantitative estimate of drug-likeness (QED) is 0.452. The molecular weight excluding hydrogens is 116 g/mol. The molecule has 1 atom stereocenters. The van der Waals surface area contributed by atoms with Crippen molar-refractivity contribution in [2.24, 2.45) is 0 Å². The summed E-state index contributed by atoms with van der Waals surface area (Å²) in [6, 6.07) is 0. The lowest BCUT2D eigenvalue weighted by atomic mass is 10.2. The second-order valence-corrected chi connectivity index (χ2v) is 2.48. The van der Waals surface area contributed by atoms with Gasteiger partial charge in [0.2, 0.25) is 0 Å². The molecule has 0 aromatic rings. The summed E-state index contributed by atoms with van der Waals surface area (Å²) in [4.78, 5) is 0. The predicted octanol–water partition coefficient (Wildman–Crippen LogP) is 1.08. The average molecular weight is 126 g/mol. The van der Waals surface area contributed by atoms with E-state index in [-0.39, 0.29) is 5.79 Å². The number of ether oxygens (including phenoxy) is 2. The molecular formula is C7H10O2. The van der Waals surface area contributed by atoms with Gasteiger partial charge in [0.25, 0.3) is 0 Å². The highest BCUT2D eigenvalue weighted by Gasteiger charge is 2.35. The van der Waals surface area contributed by atoms with E-state index < -0.39 is 0 Å². The van der Waals surface area contributed by atoms with Crippen molar-refractivity contribution in [3.63, 3.8) is 0 Å². The molecule has 1 spiro atoms. The van der Waals surface area contributed by atoms with E-state index >= 15 is 0 Å². The number of hydrogen-bond acceptors (Lipinski definition) is 2. The standard InChI is InChI=1S/C7H10O2/c1-3-7(8-5-1)4-2-6-9-7/h1,3H,2,4-6H2. The second-order valence-electron chi connectivity index (χ2n) is 2.48. The SMILES string of the molecule is C1=CC2(CCCO2)OC1. The largest absolute Gasteiger partial charge is 0.346 e. The molecule has 0 N–H and O–H groups in total. The third-order valence-corrected chi connectivity index (χ3v) is 1.81. The molecule has 0 aromatic heterocycles. The smallest absolute Gasteiger partial charge is 0.188 e. The van der Waals surface area contributed by atoms with Gasteiger partial charge in [-0.1, -0.05) is 6.08 Å². The predicted molar refractivity (Wildman–Crippen MR) is 33.0 cm³/mol.